The first-order valence-corrected chi connectivity index (χ1v) is 6.97. The second-order valence-corrected chi connectivity index (χ2v) is 5.34. The summed E-state index contributed by atoms with van der Waals surface area (Å²) >= 11 is 0. The molecule has 1 aromatic rings. The molecular formula is C14H25N3. The van der Waals surface area contributed by atoms with Crippen LogP contribution in [0.25, 0.3) is 0 Å². The topological polar surface area (TPSA) is 29.9 Å². The van der Waals surface area contributed by atoms with Gasteiger partial charge in [-0.25, -0.2) is 0 Å². The van der Waals surface area contributed by atoms with E-state index >= 15 is 0 Å². The Morgan fingerprint density at radius 2 is 2.18 bits per heavy atom. The molecule has 0 amide bonds. The van der Waals surface area contributed by atoms with E-state index < -0.39 is 0 Å². The molecule has 0 radical (unpaired) electrons. The molecule has 0 saturated heterocycles. The molecule has 0 aromatic carbocycles. The lowest BCUT2D eigenvalue weighted by Crippen LogP contribution is -2.36. The highest BCUT2D eigenvalue weighted by Gasteiger charge is 2.19. The molecule has 3 nitrogen and oxygen atoms in total. The number of nitrogens with one attached hydrogen (secondary N) is 1. The van der Waals surface area contributed by atoms with Gasteiger partial charge >= 0.3 is 0 Å². The molecule has 0 spiro atoms. The van der Waals surface area contributed by atoms with Gasteiger partial charge in [-0.05, 0) is 31.7 Å². The number of hydrogen-bond acceptors (Lipinski definition) is 2. The Bertz CT molecular complexity index is 326. The van der Waals surface area contributed by atoms with E-state index in [4.69, 9.17) is 0 Å². The van der Waals surface area contributed by atoms with Crippen molar-refractivity contribution in [2.24, 2.45) is 13.0 Å². The van der Waals surface area contributed by atoms with Gasteiger partial charge in [0.25, 0.3) is 0 Å². The molecule has 1 atom stereocenters. The predicted molar refractivity (Wildman–Crippen MR) is 71.0 cm³/mol. The summed E-state index contributed by atoms with van der Waals surface area (Å²) in [5.74, 6) is 0.898. The highest BCUT2D eigenvalue weighted by Crippen LogP contribution is 2.26. The minimum Gasteiger partial charge on any atom is -0.314 e. The highest BCUT2D eigenvalue weighted by atomic mass is 15.3. The summed E-state index contributed by atoms with van der Waals surface area (Å²) in [6.07, 6.45) is 10.1. The van der Waals surface area contributed by atoms with Gasteiger partial charge in [-0.1, -0.05) is 19.3 Å². The summed E-state index contributed by atoms with van der Waals surface area (Å²) in [6.45, 7) is 3.41. The Kier molecular flexibility index (Phi) is 4.60. The van der Waals surface area contributed by atoms with Crippen LogP contribution < -0.4 is 5.32 Å². The zero-order valence-corrected chi connectivity index (χ0v) is 11.2. The van der Waals surface area contributed by atoms with Crippen molar-refractivity contribution in [2.45, 2.75) is 51.5 Å². The van der Waals surface area contributed by atoms with E-state index in [0.717, 1.165) is 18.9 Å². The third-order valence-electron chi connectivity index (χ3n) is 4.13. The summed E-state index contributed by atoms with van der Waals surface area (Å²) < 4.78 is 1.97. The highest BCUT2D eigenvalue weighted by molar-refractivity contribution is 5.00. The van der Waals surface area contributed by atoms with Crippen molar-refractivity contribution in [3.05, 3.63) is 18.0 Å². The molecule has 1 saturated carbocycles. The van der Waals surface area contributed by atoms with Crippen molar-refractivity contribution in [1.82, 2.24) is 15.1 Å². The molecule has 0 unspecified atom stereocenters. The van der Waals surface area contributed by atoms with Crippen molar-refractivity contribution in [2.75, 3.05) is 6.54 Å². The van der Waals surface area contributed by atoms with Crippen LogP contribution in [0.1, 0.15) is 44.7 Å². The van der Waals surface area contributed by atoms with Crippen molar-refractivity contribution in [1.29, 1.82) is 0 Å². The van der Waals surface area contributed by atoms with Gasteiger partial charge in [0.05, 0.1) is 0 Å². The molecule has 0 aliphatic heterocycles. The Morgan fingerprint density at radius 1 is 1.41 bits per heavy atom. The Labute approximate surface area is 105 Å². The molecule has 1 fully saturated rings. The van der Waals surface area contributed by atoms with Crippen molar-refractivity contribution in [3.63, 3.8) is 0 Å². The quantitative estimate of drug-likeness (QED) is 0.850. The van der Waals surface area contributed by atoms with Gasteiger partial charge in [0.2, 0.25) is 0 Å². The smallest absolute Gasteiger partial charge is 0.0492 e. The average Bonchev–Trinajstić information content (AvgIpc) is 2.76. The molecule has 1 aliphatic rings. The Balaban J connectivity index is 1.69. The predicted octanol–water partition coefficient (Wildman–Crippen LogP) is 2.52. The summed E-state index contributed by atoms with van der Waals surface area (Å²) in [7, 11) is 2.01. The van der Waals surface area contributed by atoms with Crippen LogP contribution in [0.5, 0.6) is 0 Å². The molecule has 96 valence electrons. The molecule has 1 heterocycles. The van der Waals surface area contributed by atoms with E-state index in [0.29, 0.717) is 6.04 Å². The lowest BCUT2D eigenvalue weighted by molar-refractivity contribution is 0.282. The maximum Gasteiger partial charge on any atom is 0.0492 e. The second kappa shape index (κ2) is 6.20. The van der Waals surface area contributed by atoms with Gasteiger partial charge in [-0.3, -0.25) is 4.68 Å². The SMILES string of the molecule is C[C@H](NCCc1ccnn1C)C1CCCCC1. The van der Waals surface area contributed by atoms with E-state index in [-0.39, 0.29) is 0 Å². The maximum atomic E-state index is 4.19. The lowest BCUT2D eigenvalue weighted by Gasteiger charge is -2.28. The molecule has 17 heavy (non-hydrogen) atoms. The summed E-state index contributed by atoms with van der Waals surface area (Å²) in [6, 6.07) is 2.77. The zero-order valence-electron chi connectivity index (χ0n) is 11.2. The van der Waals surface area contributed by atoms with Crippen LogP contribution in [0.4, 0.5) is 0 Å². The van der Waals surface area contributed by atoms with Gasteiger partial charge in [0.1, 0.15) is 0 Å². The minimum absolute atomic E-state index is 0.670. The number of aromatic nitrogens is 2. The fourth-order valence-electron chi connectivity index (χ4n) is 2.88. The third-order valence-corrected chi connectivity index (χ3v) is 4.13. The fourth-order valence-corrected chi connectivity index (χ4v) is 2.88. The number of aryl methyl sites for hydroxylation is 1. The van der Waals surface area contributed by atoms with Crippen molar-refractivity contribution < 1.29 is 0 Å². The van der Waals surface area contributed by atoms with Gasteiger partial charge in [-0.15, -0.1) is 0 Å². The summed E-state index contributed by atoms with van der Waals surface area (Å²) in [5, 5.41) is 7.87. The van der Waals surface area contributed by atoms with Crippen LogP contribution in [0.3, 0.4) is 0 Å². The zero-order chi connectivity index (χ0) is 12.1. The van der Waals surface area contributed by atoms with Crippen LogP contribution in [-0.2, 0) is 13.5 Å². The monoisotopic (exact) mass is 235 g/mol. The summed E-state index contributed by atoms with van der Waals surface area (Å²) in [4.78, 5) is 0. The molecular weight excluding hydrogens is 210 g/mol. The normalized spacial score (nSPS) is 19.4. The molecule has 1 aromatic heterocycles. The van der Waals surface area contributed by atoms with E-state index in [1.807, 2.05) is 17.9 Å². The third kappa shape index (κ3) is 3.56. The first-order chi connectivity index (χ1) is 8.27. The van der Waals surface area contributed by atoms with Crippen LogP contribution in [0.2, 0.25) is 0 Å². The number of nitrogens with zero attached hydrogens (tertiary/aromatic N) is 2. The van der Waals surface area contributed by atoms with Crippen molar-refractivity contribution in [3.8, 4) is 0 Å². The van der Waals surface area contributed by atoms with E-state index in [1.165, 1.54) is 37.8 Å². The summed E-state index contributed by atoms with van der Waals surface area (Å²) in [5.41, 5.74) is 1.31. The van der Waals surface area contributed by atoms with Gasteiger partial charge in [-0.2, -0.15) is 5.10 Å². The van der Waals surface area contributed by atoms with Crippen LogP contribution in [0, 0.1) is 5.92 Å². The molecule has 0 bridgehead atoms. The maximum absolute atomic E-state index is 4.19. The van der Waals surface area contributed by atoms with E-state index in [9.17, 15) is 0 Å². The lowest BCUT2D eigenvalue weighted by atomic mass is 9.84. The first-order valence-electron chi connectivity index (χ1n) is 6.97. The molecule has 1 N–H and O–H groups in total. The standard InChI is InChI=1S/C14H25N3/c1-12(13-6-4-3-5-7-13)15-10-8-14-9-11-16-17(14)2/h9,11-13,15H,3-8,10H2,1-2H3/t12-/m0/s1. The molecule has 1 aliphatic carbocycles. The van der Waals surface area contributed by atoms with E-state index in [2.05, 4.69) is 23.4 Å². The van der Waals surface area contributed by atoms with Crippen LogP contribution in [-0.4, -0.2) is 22.4 Å². The van der Waals surface area contributed by atoms with E-state index in [1.54, 1.807) is 0 Å². The number of hydrogen-bond donors (Lipinski definition) is 1. The number of rotatable bonds is 5. The Morgan fingerprint density at radius 3 is 2.82 bits per heavy atom. The van der Waals surface area contributed by atoms with Crippen LogP contribution >= 0.6 is 0 Å². The van der Waals surface area contributed by atoms with Gasteiger partial charge in [0.15, 0.2) is 0 Å². The Hall–Kier alpha value is -0.830. The van der Waals surface area contributed by atoms with Crippen molar-refractivity contribution >= 4 is 0 Å². The minimum atomic E-state index is 0.670. The average molecular weight is 235 g/mol. The van der Waals surface area contributed by atoms with Crippen LogP contribution in [0.15, 0.2) is 12.3 Å². The first kappa shape index (κ1) is 12.6. The molecule has 2 rings (SSSR count). The fraction of sp³-hybridized carbons (Fsp3) is 0.786. The largest absolute Gasteiger partial charge is 0.314 e. The second-order valence-electron chi connectivity index (χ2n) is 5.34. The molecule has 3 heteroatoms. The van der Waals surface area contributed by atoms with Gasteiger partial charge < -0.3 is 5.32 Å². The van der Waals surface area contributed by atoms with Gasteiger partial charge in [0, 0.05) is 37.9 Å².